The van der Waals surface area contributed by atoms with E-state index >= 15 is 0 Å². The molecule has 31 heavy (non-hydrogen) atoms. The van der Waals surface area contributed by atoms with Gasteiger partial charge in [-0.15, -0.1) is 0 Å². The smallest absolute Gasteiger partial charge is 0.256 e. The van der Waals surface area contributed by atoms with Gasteiger partial charge in [0.05, 0.1) is 5.56 Å². The first kappa shape index (κ1) is 23.2. The molecule has 3 nitrogen and oxygen atoms in total. The molecule has 1 amide bonds. The van der Waals surface area contributed by atoms with E-state index in [0.29, 0.717) is 34.6 Å². The minimum absolute atomic E-state index is 0.0475. The van der Waals surface area contributed by atoms with Crippen LogP contribution in [-0.4, -0.2) is 24.4 Å². The molecule has 3 rings (SSSR count). The lowest BCUT2D eigenvalue weighted by Gasteiger charge is -2.24. The summed E-state index contributed by atoms with van der Waals surface area (Å²) in [6, 6.07) is 21.6. The molecule has 3 aromatic carbocycles. The van der Waals surface area contributed by atoms with Crippen LogP contribution in [0.15, 0.2) is 66.7 Å². The highest BCUT2D eigenvalue weighted by atomic mass is 35.5. The van der Waals surface area contributed by atoms with E-state index in [0.717, 1.165) is 23.2 Å². The maximum atomic E-state index is 13.5. The Balaban J connectivity index is 1.86. The minimum atomic E-state index is -0.0475. The van der Waals surface area contributed by atoms with Gasteiger partial charge in [0.15, 0.2) is 0 Å². The number of nitrogens with one attached hydrogen (secondary N) is 1. The fourth-order valence-corrected chi connectivity index (χ4v) is 3.78. The van der Waals surface area contributed by atoms with Crippen molar-refractivity contribution in [1.29, 1.82) is 0 Å². The lowest BCUT2D eigenvalue weighted by atomic mass is 10.0. The second kappa shape index (κ2) is 10.7. The zero-order chi connectivity index (χ0) is 22.4. The Hall–Kier alpha value is -2.49. The van der Waals surface area contributed by atoms with E-state index in [4.69, 9.17) is 23.2 Å². The van der Waals surface area contributed by atoms with Crippen molar-refractivity contribution in [2.75, 3.05) is 18.9 Å². The molecular formula is C26H28Cl2N2O. The molecule has 3 aromatic rings. The van der Waals surface area contributed by atoms with Gasteiger partial charge in [-0.25, -0.2) is 0 Å². The fourth-order valence-electron chi connectivity index (χ4n) is 3.48. The number of nitrogens with zero attached hydrogens (tertiary/aromatic N) is 1. The molecule has 0 aliphatic carbocycles. The molecule has 0 radical (unpaired) electrons. The van der Waals surface area contributed by atoms with E-state index in [2.05, 4.69) is 43.4 Å². The summed E-state index contributed by atoms with van der Waals surface area (Å²) in [5.74, 6) is 0.426. The molecular weight excluding hydrogens is 427 g/mol. The molecule has 5 heteroatoms. The topological polar surface area (TPSA) is 32.3 Å². The molecule has 0 saturated heterocycles. The van der Waals surface area contributed by atoms with Gasteiger partial charge in [0.25, 0.3) is 5.91 Å². The monoisotopic (exact) mass is 454 g/mol. The molecule has 0 atom stereocenters. The number of amides is 1. The van der Waals surface area contributed by atoms with E-state index in [-0.39, 0.29) is 5.91 Å². The Labute approximate surface area is 195 Å². The van der Waals surface area contributed by atoms with Crippen molar-refractivity contribution in [3.8, 4) is 0 Å². The summed E-state index contributed by atoms with van der Waals surface area (Å²) in [6.45, 7) is 5.47. The number of benzene rings is 3. The molecule has 0 aromatic heterocycles. The molecule has 0 saturated carbocycles. The SMILES string of the molecule is CNc1ccc(Cl)cc1C(=O)N(CCc1ccc(Cl)cc1)Cc1ccc(C(C)C)cc1. The summed E-state index contributed by atoms with van der Waals surface area (Å²) < 4.78 is 0. The molecule has 0 aliphatic heterocycles. The molecule has 0 aliphatic rings. The van der Waals surface area contributed by atoms with Crippen molar-refractivity contribution in [2.45, 2.75) is 32.7 Å². The number of hydrogen-bond donors (Lipinski definition) is 1. The van der Waals surface area contributed by atoms with E-state index < -0.39 is 0 Å². The van der Waals surface area contributed by atoms with Gasteiger partial charge < -0.3 is 10.2 Å². The first-order chi connectivity index (χ1) is 14.9. The van der Waals surface area contributed by atoms with Crippen molar-refractivity contribution in [2.24, 2.45) is 0 Å². The number of anilines is 1. The fraction of sp³-hybridized carbons (Fsp3) is 0.269. The lowest BCUT2D eigenvalue weighted by molar-refractivity contribution is 0.0746. The predicted molar refractivity (Wildman–Crippen MR) is 131 cm³/mol. The maximum Gasteiger partial charge on any atom is 0.256 e. The summed E-state index contributed by atoms with van der Waals surface area (Å²) in [4.78, 5) is 15.4. The van der Waals surface area contributed by atoms with Crippen LogP contribution < -0.4 is 5.32 Å². The largest absolute Gasteiger partial charge is 0.387 e. The first-order valence-electron chi connectivity index (χ1n) is 10.5. The standard InChI is InChI=1S/C26H28Cl2N2O/c1-18(2)21-8-4-20(5-9-21)17-30(15-14-19-6-10-22(27)11-7-19)26(31)24-16-23(28)12-13-25(24)29-3/h4-13,16,18,29H,14-15,17H2,1-3H3. The van der Waals surface area contributed by atoms with Crippen LogP contribution in [-0.2, 0) is 13.0 Å². The van der Waals surface area contributed by atoms with E-state index in [1.165, 1.54) is 5.56 Å². The second-order valence-electron chi connectivity index (χ2n) is 7.94. The van der Waals surface area contributed by atoms with Gasteiger partial charge >= 0.3 is 0 Å². The molecule has 0 heterocycles. The van der Waals surface area contributed by atoms with Crippen LogP contribution in [0.25, 0.3) is 0 Å². The van der Waals surface area contributed by atoms with E-state index in [1.54, 1.807) is 12.1 Å². The van der Waals surface area contributed by atoms with Gasteiger partial charge in [-0.2, -0.15) is 0 Å². The first-order valence-corrected chi connectivity index (χ1v) is 11.2. The van der Waals surface area contributed by atoms with E-state index in [1.807, 2.05) is 42.3 Å². The van der Waals surface area contributed by atoms with Crippen LogP contribution in [0.4, 0.5) is 5.69 Å². The van der Waals surface area contributed by atoms with Gasteiger partial charge in [-0.05, 0) is 59.4 Å². The van der Waals surface area contributed by atoms with Gasteiger partial charge in [-0.3, -0.25) is 4.79 Å². The minimum Gasteiger partial charge on any atom is -0.387 e. The van der Waals surface area contributed by atoms with Gasteiger partial charge in [0.1, 0.15) is 0 Å². The lowest BCUT2D eigenvalue weighted by Crippen LogP contribution is -2.33. The zero-order valence-corrected chi connectivity index (χ0v) is 19.7. The van der Waals surface area contributed by atoms with Gasteiger partial charge in [-0.1, -0.05) is 73.4 Å². The molecule has 0 unspecified atom stereocenters. The Kier molecular flexibility index (Phi) is 8.00. The maximum absolute atomic E-state index is 13.5. The van der Waals surface area contributed by atoms with E-state index in [9.17, 15) is 4.79 Å². The third-order valence-corrected chi connectivity index (χ3v) is 5.86. The number of carbonyl (C=O) groups excluding carboxylic acids is 1. The summed E-state index contributed by atoms with van der Waals surface area (Å²) >= 11 is 12.2. The van der Waals surface area contributed by atoms with Crippen molar-refractivity contribution in [3.63, 3.8) is 0 Å². The summed E-state index contributed by atoms with van der Waals surface area (Å²) in [5.41, 5.74) is 4.86. The summed E-state index contributed by atoms with van der Waals surface area (Å²) in [7, 11) is 1.81. The Bertz CT molecular complexity index is 1010. The van der Waals surface area contributed by atoms with Crippen LogP contribution in [0, 0.1) is 0 Å². The van der Waals surface area contributed by atoms with Crippen molar-refractivity contribution in [3.05, 3.63) is 99.0 Å². The molecule has 0 bridgehead atoms. The van der Waals surface area contributed by atoms with Crippen molar-refractivity contribution < 1.29 is 4.79 Å². The molecule has 1 N–H and O–H groups in total. The van der Waals surface area contributed by atoms with Crippen molar-refractivity contribution in [1.82, 2.24) is 4.90 Å². The number of rotatable bonds is 8. The summed E-state index contributed by atoms with van der Waals surface area (Å²) in [5, 5.41) is 4.35. The highest BCUT2D eigenvalue weighted by molar-refractivity contribution is 6.31. The third-order valence-electron chi connectivity index (χ3n) is 5.37. The average Bonchev–Trinajstić information content (AvgIpc) is 2.77. The number of carbonyl (C=O) groups is 1. The number of halogens is 2. The van der Waals surface area contributed by atoms with Crippen LogP contribution in [0.5, 0.6) is 0 Å². The Morgan fingerprint density at radius 3 is 2.13 bits per heavy atom. The van der Waals surface area contributed by atoms with Gasteiger partial charge in [0.2, 0.25) is 0 Å². The second-order valence-corrected chi connectivity index (χ2v) is 8.81. The van der Waals surface area contributed by atoms with Crippen LogP contribution in [0.1, 0.15) is 46.8 Å². The quantitative estimate of drug-likeness (QED) is 0.395. The normalized spacial score (nSPS) is 10.9. The predicted octanol–water partition coefficient (Wildman–Crippen LogP) is 7.04. The van der Waals surface area contributed by atoms with Crippen LogP contribution in [0.2, 0.25) is 10.0 Å². The highest BCUT2D eigenvalue weighted by Crippen LogP contribution is 2.24. The van der Waals surface area contributed by atoms with Gasteiger partial charge in [0, 0.05) is 35.9 Å². The number of hydrogen-bond acceptors (Lipinski definition) is 2. The Morgan fingerprint density at radius 2 is 1.52 bits per heavy atom. The van der Waals surface area contributed by atoms with Crippen LogP contribution >= 0.6 is 23.2 Å². The Morgan fingerprint density at radius 1 is 0.903 bits per heavy atom. The van der Waals surface area contributed by atoms with Crippen LogP contribution in [0.3, 0.4) is 0 Å². The third kappa shape index (κ3) is 6.25. The van der Waals surface area contributed by atoms with Crippen molar-refractivity contribution >= 4 is 34.8 Å². The molecule has 0 spiro atoms. The zero-order valence-electron chi connectivity index (χ0n) is 18.2. The average molecular weight is 455 g/mol. The molecule has 0 fully saturated rings. The molecule has 162 valence electrons. The summed E-state index contributed by atoms with van der Waals surface area (Å²) in [6.07, 6.45) is 0.739. The highest BCUT2D eigenvalue weighted by Gasteiger charge is 2.20.